The first kappa shape index (κ1) is 11.1. The molecule has 0 spiro atoms. The van der Waals surface area contributed by atoms with E-state index in [9.17, 15) is 24.0 Å². The number of aromatic hydroxyl groups is 1. The first-order chi connectivity index (χ1) is 6.97. The van der Waals surface area contributed by atoms with E-state index in [0.29, 0.717) is 0 Å². The van der Waals surface area contributed by atoms with Crippen LogP contribution < -0.4 is 4.74 Å². The molecule has 0 radical (unpaired) electrons. The maximum Gasteiger partial charge on any atom is 0.410 e. The molecule has 8 heteroatoms. The third-order valence-electron chi connectivity index (χ3n) is 1.58. The van der Waals surface area contributed by atoms with E-state index in [1.54, 1.807) is 0 Å². The summed E-state index contributed by atoms with van der Waals surface area (Å²) >= 11 is 0. The molecule has 0 amide bonds. The second-order valence-corrected chi connectivity index (χ2v) is 2.48. The predicted molar refractivity (Wildman–Crippen MR) is 44.1 cm³/mol. The highest BCUT2D eigenvalue weighted by Gasteiger charge is 2.26. The van der Waals surface area contributed by atoms with E-state index >= 15 is 0 Å². The summed E-state index contributed by atoms with van der Waals surface area (Å²) < 4.78 is 29.0. The lowest BCUT2D eigenvalue weighted by Crippen LogP contribution is -1.99. The number of nitrogens with zero attached hydrogens (tertiary/aromatic N) is 2. The van der Waals surface area contributed by atoms with Gasteiger partial charge in [-0.3, -0.25) is 0 Å². The summed E-state index contributed by atoms with van der Waals surface area (Å²) in [7, 11) is 1.09. The summed E-state index contributed by atoms with van der Waals surface area (Å²) in [6, 6.07) is 0.743. The molecule has 82 valence electrons. The number of hydrogen-bond donors (Lipinski definition) is 1. The van der Waals surface area contributed by atoms with Gasteiger partial charge in [-0.25, -0.2) is 8.78 Å². The number of pyridine rings is 1. The van der Waals surface area contributed by atoms with Crippen molar-refractivity contribution in [3.05, 3.63) is 21.9 Å². The van der Waals surface area contributed by atoms with Crippen LogP contribution in [-0.2, 0) is 0 Å². The highest BCUT2D eigenvalue weighted by Crippen LogP contribution is 2.36. The van der Waals surface area contributed by atoms with Crippen molar-refractivity contribution in [1.82, 2.24) is 4.98 Å². The zero-order chi connectivity index (χ0) is 11.6. The minimum absolute atomic E-state index is 0.410. The van der Waals surface area contributed by atoms with Crippen molar-refractivity contribution in [2.24, 2.45) is 0 Å². The highest BCUT2D eigenvalue weighted by molar-refractivity contribution is 5.51. The predicted octanol–water partition coefficient (Wildman–Crippen LogP) is 1.64. The number of methoxy groups -OCH3 is 1. The molecule has 0 aliphatic heterocycles. The lowest BCUT2D eigenvalue weighted by Gasteiger charge is -2.04. The first-order valence-corrected chi connectivity index (χ1v) is 3.67. The molecule has 0 aliphatic rings. The van der Waals surface area contributed by atoms with Crippen molar-refractivity contribution in [2.75, 3.05) is 7.11 Å². The number of hydrogen-bond acceptors (Lipinski definition) is 5. The Balaban J connectivity index is 3.38. The molecule has 0 saturated carbocycles. The minimum atomic E-state index is -2.97. The summed E-state index contributed by atoms with van der Waals surface area (Å²) in [5.41, 5.74) is -0.823. The van der Waals surface area contributed by atoms with Gasteiger partial charge < -0.3 is 20.0 Å². The van der Waals surface area contributed by atoms with Gasteiger partial charge in [0.1, 0.15) is 0 Å². The van der Waals surface area contributed by atoms with Gasteiger partial charge in [-0.2, -0.15) is 0 Å². The second kappa shape index (κ2) is 4.03. The van der Waals surface area contributed by atoms with Gasteiger partial charge in [-0.05, 0) is 9.91 Å². The SMILES string of the molecule is COc1cc(C(F)F)nc([N+](=O)[O-])c1O. The molecule has 15 heavy (non-hydrogen) atoms. The van der Waals surface area contributed by atoms with Crippen LogP contribution in [0.4, 0.5) is 14.6 Å². The maximum absolute atomic E-state index is 12.2. The molecule has 1 rings (SSSR count). The Hall–Kier alpha value is -1.99. The largest absolute Gasteiger partial charge is 0.498 e. The van der Waals surface area contributed by atoms with Crippen LogP contribution in [0.15, 0.2) is 6.07 Å². The molecule has 1 aromatic heterocycles. The van der Waals surface area contributed by atoms with Gasteiger partial charge >= 0.3 is 12.2 Å². The summed E-state index contributed by atoms with van der Waals surface area (Å²) in [5, 5.41) is 19.5. The van der Waals surface area contributed by atoms with E-state index in [2.05, 4.69) is 9.72 Å². The highest BCUT2D eigenvalue weighted by atomic mass is 19.3. The summed E-state index contributed by atoms with van der Waals surface area (Å²) in [6.07, 6.45) is -2.97. The molecule has 1 aromatic rings. The molecular formula is C7H6F2N2O4. The number of rotatable bonds is 3. The zero-order valence-electron chi connectivity index (χ0n) is 7.48. The van der Waals surface area contributed by atoms with E-state index in [4.69, 9.17) is 0 Å². The standard InChI is InChI=1S/C7H6F2N2O4/c1-15-4-2-3(6(8)9)10-7(5(4)12)11(13)14/h2,6,12H,1H3. The quantitative estimate of drug-likeness (QED) is 0.618. The van der Waals surface area contributed by atoms with Crippen LogP contribution in [0.2, 0.25) is 0 Å². The monoisotopic (exact) mass is 220 g/mol. The van der Waals surface area contributed by atoms with Crippen molar-refractivity contribution >= 4 is 5.82 Å². The van der Waals surface area contributed by atoms with Crippen LogP contribution in [0, 0.1) is 10.1 Å². The number of ether oxygens (including phenoxy) is 1. The third-order valence-corrected chi connectivity index (χ3v) is 1.58. The van der Waals surface area contributed by atoms with E-state index in [-0.39, 0.29) is 0 Å². The minimum Gasteiger partial charge on any atom is -0.498 e. The van der Waals surface area contributed by atoms with E-state index in [1.165, 1.54) is 0 Å². The van der Waals surface area contributed by atoms with Gasteiger partial charge in [0.15, 0.2) is 5.75 Å². The van der Waals surface area contributed by atoms with Crippen LogP contribution >= 0.6 is 0 Å². The van der Waals surface area contributed by atoms with Gasteiger partial charge in [-0.15, -0.1) is 0 Å². The fraction of sp³-hybridized carbons (Fsp3) is 0.286. The van der Waals surface area contributed by atoms with Crippen molar-refractivity contribution in [3.8, 4) is 11.5 Å². The fourth-order valence-corrected chi connectivity index (χ4v) is 0.915. The second-order valence-electron chi connectivity index (χ2n) is 2.48. The Labute approximate surface area is 82.3 Å². The first-order valence-electron chi connectivity index (χ1n) is 3.67. The molecule has 6 nitrogen and oxygen atoms in total. The molecule has 1 heterocycles. The number of aromatic nitrogens is 1. The van der Waals surface area contributed by atoms with Gasteiger partial charge in [0.05, 0.1) is 7.11 Å². The van der Waals surface area contributed by atoms with Crippen molar-refractivity contribution in [2.45, 2.75) is 6.43 Å². The van der Waals surface area contributed by atoms with Crippen LogP contribution in [0.25, 0.3) is 0 Å². The molecule has 0 saturated heterocycles. The number of alkyl halides is 2. The van der Waals surface area contributed by atoms with Gasteiger partial charge in [0.25, 0.3) is 5.75 Å². The molecule has 0 aliphatic carbocycles. The molecular weight excluding hydrogens is 214 g/mol. The molecule has 1 N–H and O–H groups in total. The zero-order valence-corrected chi connectivity index (χ0v) is 7.48. The Morgan fingerprint density at radius 3 is 2.67 bits per heavy atom. The van der Waals surface area contributed by atoms with Gasteiger partial charge in [0.2, 0.25) is 5.69 Å². The van der Waals surface area contributed by atoms with Crippen molar-refractivity contribution in [3.63, 3.8) is 0 Å². The van der Waals surface area contributed by atoms with E-state index in [1.807, 2.05) is 0 Å². The Morgan fingerprint density at radius 1 is 1.67 bits per heavy atom. The van der Waals surface area contributed by atoms with Crippen LogP contribution in [0.3, 0.4) is 0 Å². The van der Waals surface area contributed by atoms with Crippen molar-refractivity contribution < 1.29 is 23.5 Å². The van der Waals surface area contributed by atoms with Crippen molar-refractivity contribution in [1.29, 1.82) is 0 Å². The normalized spacial score (nSPS) is 10.4. The summed E-state index contributed by atoms with van der Waals surface area (Å²) in [6.45, 7) is 0. The van der Waals surface area contributed by atoms with E-state index < -0.39 is 34.4 Å². The maximum atomic E-state index is 12.2. The average molecular weight is 220 g/mol. The lowest BCUT2D eigenvalue weighted by molar-refractivity contribution is -0.390. The Bertz CT molecular complexity index is 397. The molecule has 0 fully saturated rings. The van der Waals surface area contributed by atoms with Crippen LogP contribution in [-0.4, -0.2) is 22.1 Å². The molecule has 0 aromatic carbocycles. The average Bonchev–Trinajstić information content (AvgIpc) is 2.17. The lowest BCUT2D eigenvalue weighted by atomic mass is 10.3. The van der Waals surface area contributed by atoms with Crippen LogP contribution in [0.5, 0.6) is 11.5 Å². The Morgan fingerprint density at radius 2 is 2.27 bits per heavy atom. The topological polar surface area (TPSA) is 85.5 Å². The van der Waals surface area contributed by atoms with E-state index in [0.717, 1.165) is 13.2 Å². The molecule has 0 bridgehead atoms. The number of halogens is 2. The van der Waals surface area contributed by atoms with Gasteiger partial charge in [0, 0.05) is 6.07 Å². The van der Waals surface area contributed by atoms with Gasteiger partial charge in [-0.1, -0.05) is 0 Å². The smallest absolute Gasteiger partial charge is 0.410 e. The Kier molecular flexibility index (Phi) is 2.98. The number of nitro groups is 1. The third kappa shape index (κ3) is 2.09. The molecule has 0 unspecified atom stereocenters. The summed E-state index contributed by atoms with van der Waals surface area (Å²) in [4.78, 5) is 12.3. The van der Waals surface area contributed by atoms with Crippen LogP contribution in [0.1, 0.15) is 12.1 Å². The summed E-state index contributed by atoms with van der Waals surface area (Å²) in [5.74, 6) is -2.33. The fourth-order valence-electron chi connectivity index (χ4n) is 0.915. The molecule has 0 atom stereocenters.